The van der Waals surface area contributed by atoms with Crippen molar-refractivity contribution in [3.8, 4) is 0 Å². The number of rotatable bonds is 9. The summed E-state index contributed by atoms with van der Waals surface area (Å²) in [7, 11) is 0. The van der Waals surface area contributed by atoms with Gasteiger partial charge in [-0.25, -0.2) is 0 Å². The molecule has 0 radical (unpaired) electrons. The third-order valence-electron chi connectivity index (χ3n) is 3.46. The van der Waals surface area contributed by atoms with Gasteiger partial charge in [-0.2, -0.15) is 0 Å². The molecule has 2 N–H and O–H groups in total. The number of aliphatic hydroxyl groups excluding tert-OH is 1. The lowest BCUT2D eigenvalue weighted by molar-refractivity contribution is 0.0980. The Hall–Kier alpha value is -0.120. The third kappa shape index (κ3) is 8.90. The van der Waals surface area contributed by atoms with Crippen LogP contribution in [0.5, 0.6) is 0 Å². The van der Waals surface area contributed by atoms with Crippen molar-refractivity contribution in [1.29, 1.82) is 0 Å². The van der Waals surface area contributed by atoms with Gasteiger partial charge in [-0.1, -0.05) is 33.6 Å². The molecule has 0 aromatic carbocycles. The molecule has 0 rings (SSSR count). The van der Waals surface area contributed by atoms with Crippen LogP contribution in [0.15, 0.2) is 0 Å². The summed E-state index contributed by atoms with van der Waals surface area (Å²) >= 11 is 0. The first-order valence-corrected chi connectivity index (χ1v) is 7.47. The Kier molecular flexibility index (Phi) is 8.83. The molecule has 3 nitrogen and oxygen atoms in total. The molecule has 0 aromatic heterocycles. The number of nitrogens with zero attached hydrogens (tertiary/aromatic N) is 1. The highest BCUT2D eigenvalue weighted by molar-refractivity contribution is 4.75. The van der Waals surface area contributed by atoms with Gasteiger partial charge in [0, 0.05) is 25.2 Å². The third-order valence-corrected chi connectivity index (χ3v) is 3.46. The zero-order valence-corrected chi connectivity index (χ0v) is 13.3. The fourth-order valence-electron chi connectivity index (χ4n) is 2.03. The summed E-state index contributed by atoms with van der Waals surface area (Å²) < 4.78 is 0. The molecule has 18 heavy (non-hydrogen) atoms. The molecule has 0 fully saturated rings. The summed E-state index contributed by atoms with van der Waals surface area (Å²) in [6.45, 7) is 16.6. The van der Waals surface area contributed by atoms with E-state index in [4.69, 9.17) is 0 Å². The molecule has 1 unspecified atom stereocenters. The summed E-state index contributed by atoms with van der Waals surface area (Å²) in [5.74, 6) is 0.757. The van der Waals surface area contributed by atoms with Gasteiger partial charge in [0.1, 0.15) is 0 Å². The molecule has 0 saturated heterocycles. The van der Waals surface area contributed by atoms with E-state index in [-0.39, 0.29) is 11.6 Å². The van der Waals surface area contributed by atoms with E-state index in [1.54, 1.807) is 0 Å². The van der Waals surface area contributed by atoms with Crippen LogP contribution in [-0.4, -0.2) is 47.8 Å². The molecule has 0 bridgehead atoms. The minimum Gasteiger partial charge on any atom is -0.390 e. The molecule has 3 heteroatoms. The zero-order valence-electron chi connectivity index (χ0n) is 13.3. The van der Waals surface area contributed by atoms with E-state index in [1.807, 2.05) is 0 Å². The Labute approximate surface area is 114 Å². The Bertz CT molecular complexity index is 197. The Morgan fingerprint density at radius 1 is 1.06 bits per heavy atom. The Balaban J connectivity index is 4.03. The van der Waals surface area contributed by atoms with E-state index in [1.165, 1.54) is 12.8 Å². The van der Waals surface area contributed by atoms with Crippen LogP contribution in [0.2, 0.25) is 0 Å². The predicted molar refractivity (Wildman–Crippen MR) is 79.9 cm³/mol. The maximum atomic E-state index is 10.1. The first-order chi connectivity index (χ1) is 8.32. The van der Waals surface area contributed by atoms with Gasteiger partial charge in [0.2, 0.25) is 0 Å². The SMILES string of the molecule is CCC(CC)CN(CC)CC(O)CNC(C)(C)C. The lowest BCUT2D eigenvalue weighted by Crippen LogP contribution is -2.45. The molecule has 0 amide bonds. The average molecular weight is 258 g/mol. The van der Waals surface area contributed by atoms with Crippen molar-refractivity contribution < 1.29 is 5.11 Å². The van der Waals surface area contributed by atoms with Crippen LogP contribution in [0, 0.1) is 5.92 Å². The van der Waals surface area contributed by atoms with Crippen molar-refractivity contribution in [1.82, 2.24) is 10.2 Å². The van der Waals surface area contributed by atoms with Crippen LogP contribution in [0.25, 0.3) is 0 Å². The molecular formula is C15H34N2O. The van der Waals surface area contributed by atoms with Gasteiger partial charge < -0.3 is 15.3 Å². The van der Waals surface area contributed by atoms with Crippen molar-refractivity contribution in [3.63, 3.8) is 0 Å². The summed E-state index contributed by atoms with van der Waals surface area (Å²) in [4.78, 5) is 2.37. The van der Waals surface area contributed by atoms with Crippen LogP contribution in [0.4, 0.5) is 0 Å². The topological polar surface area (TPSA) is 35.5 Å². The van der Waals surface area contributed by atoms with Gasteiger partial charge in [-0.05, 0) is 33.2 Å². The predicted octanol–water partition coefficient (Wildman–Crippen LogP) is 2.49. The summed E-state index contributed by atoms with van der Waals surface area (Å²) in [6.07, 6.45) is 2.17. The van der Waals surface area contributed by atoms with Crippen molar-refractivity contribution >= 4 is 0 Å². The van der Waals surface area contributed by atoms with Crippen LogP contribution >= 0.6 is 0 Å². The number of likely N-dealkylation sites (N-methyl/N-ethyl adjacent to an activating group) is 1. The number of aliphatic hydroxyl groups is 1. The average Bonchev–Trinajstić information content (AvgIpc) is 2.31. The maximum absolute atomic E-state index is 10.1. The molecule has 0 aliphatic carbocycles. The van der Waals surface area contributed by atoms with Crippen LogP contribution < -0.4 is 5.32 Å². The molecule has 0 spiro atoms. The van der Waals surface area contributed by atoms with Crippen molar-refractivity contribution in [2.24, 2.45) is 5.92 Å². The molecule has 1 atom stereocenters. The van der Waals surface area contributed by atoms with Crippen LogP contribution in [0.1, 0.15) is 54.4 Å². The van der Waals surface area contributed by atoms with Gasteiger partial charge >= 0.3 is 0 Å². The monoisotopic (exact) mass is 258 g/mol. The highest BCUT2D eigenvalue weighted by Crippen LogP contribution is 2.10. The van der Waals surface area contributed by atoms with Crippen LogP contribution in [0.3, 0.4) is 0 Å². The van der Waals surface area contributed by atoms with E-state index < -0.39 is 0 Å². The van der Waals surface area contributed by atoms with Crippen molar-refractivity contribution in [2.45, 2.75) is 66.0 Å². The largest absolute Gasteiger partial charge is 0.390 e. The number of hydrogen-bond donors (Lipinski definition) is 2. The highest BCUT2D eigenvalue weighted by Gasteiger charge is 2.16. The van der Waals surface area contributed by atoms with Gasteiger partial charge in [-0.15, -0.1) is 0 Å². The van der Waals surface area contributed by atoms with E-state index in [9.17, 15) is 5.11 Å². The summed E-state index contributed by atoms with van der Waals surface area (Å²) in [6, 6.07) is 0. The molecular weight excluding hydrogens is 224 g/mol. The Morgan fingerprint density at radius 2 is 1.61 bits per heavy atom. The molecule has 0 aliphatic heterocycles. The smallest absolute Gasteiger partial charge is 0.0791 e. The normalized spacial score (nSPS) is 14.5. The summed E-state index contributed by atoms with van der Waals surface area (Å²) in [5, 5.41) is 13.4. The lowest BCUT2D eigenvalue weighted by Gasteiger charge is -2.29. The highest BCUT2D eigenvalue weighted by atomic mass is 16.3. The van der Waals surface area contributed by atoms with Crippen molar-refractivity contribution in [2.75, 3.05) is 26.2 Å². The van der Waals surface area contributed by atoms with E-state index in [0.717, 1.165) is 25.6 Å². The van der Waals surface area contributed by atoms with Crippen LogP contribution in [-0.2, 0) is 0 Å². The minimum absolute atomic E-state index is 0.0768. The first kappa shape index (κ1) is 17.9. The molecule has 0 saturated carbocycles. The number of β-amino-alcohol motifs (C(OH)–C–C–N with tert-alkyl or cyclic N) is 1. The summed E-state index contributed by atoms with van der Waals surface area (Å²) in [5.41, 5.74) is 0.0768. The second-order valence-electron chi connectivity index (χ2n) is 6.32. The fourth-order valence-corrected chi connectivity index (χ4v) is 2.03. The molecule has 0 aliphatic rings. The van der Waals surface area contributed by atoms with Gasteiger partial charge in [0.05, 0.1) is 6.10 Å². The molecule has 0 aromatic rings. The zero-order chi connectivity index (χ0) is 14.2. The minimum atomic E-state index is -0.279. The van der Waals surface area contributed by atoms with E-state index >= 15 is 0 Å². The molecule has 110 valence electrons. The fraction of sp³-hybridized carbons (Fsp3) is 1.00. The van der Waals surface area contributed by atoms with Gasteiger partial charge in [0.25, 0.3) is 0 Å². The van der Waals surface area contributed by atoms with E-state index in [2.05, 4.69) is 51.8 Å². The van der Waals surface area contributed by atoms with Gasteiger partial charge in [-0.3, -0.25) is 0 Å². The number of hydrogen-bond acceptors (Lipinski definition) is 3. The Morgan fingerprint density at radius 3 is 2.00 bits per heavy atom. The second-order valence-corrected chi connectivity index (χ2v) is 6.32. The van der Waals surface area contributed by atoms with E-state index in [0.29, 0.717) is 6.54 Å². The lowest BCUT2D eigenvalue weighted by atomic mass is 10.0. The second kappa shape index (κ2) is 8.89. The number of nitrogens with one attached hydrogen (secondary N) is 1. The van der Waals surface area contributed by atoms with Crippen molar-refractivity contribution in [3.05, 3.63) is 0 Å². The first-order valence-electron chi connectivity index (χ1n) is 7.47. The maximum Gasteiger partial charge on any atom is 0.0791 e. The quantitative estimate of drug-likeness (QED) is 0.667. The standard InChI is InChI=1S/C15H34N2O/c1-7-13(8-2)11-17(9-3)12-14(18)10-16-15(4,5)6/h13-14,16,18H,7-12H2,1-6H3. The van der Waals surface area contributed by atoms with Gasteiger partial charge in [0.15, 0.2) is 0 Å². The molecule has 0 heterocycles.